The molecule has 0 saturated carbocycles. The fraction of sp³-hybridized carbons (Fsp3) is 0.406. The summed E-state index contributed by atoms with van der Waals surface area (Å²) in [5.41, 5.74) is -0.906. The van der Waals surface area contributed by atoms with Crippen molar-refractivity contribution in [3.05, 3.63) is 87.2 Å². The lowest BCUT2D eigenvalue weighted by molar-refractivity contribution is -0.137. The number of unbranched alkanes of at least 4 members (excludes halogenated alkanes) is 2. The van der Waals surface area contributed by atoms with Crippen LogP contribution in [0, 0.1) is 11.3 Å². The number of likely N-dealkylation sites (N-methyl/N-ethyl adjacent to an activating group) is 1. The Bertz CT molecular complexity index is 1740. The fourth-order valence-electron chi connectivity index (χ4n) is 5.22. The number of allylic oxidation sites excluding steroid dienone is 2. The van der Waals surface area contributed by atoms with Gasteiger partial charge in [-0.2, -0.15) is 18.4 Å². The molecule has 1 aromatic heterocycles. The Morgan fingerprint density at radius 3 is 2.34 bits per heavy atom. The maximum atomic E-state index is 14.1. The molecule has 0 N–H and O–H groups in total. The molecule has 3 aromatic rings. The second kappa shape index (κ2) is 14.5. The van der Waals surface area contributed by atoms with Gasteiger partial charge < -0.3 is 19.3 Å². The van der Waals surface area contributed by atoms with Gasteiger partial charge >= 0.3 is 18.0 Å². The smallest absolute Gasteiger partial charge is 0.437 e. The number of nitriles is 1. The molecule has 1 atom stereocenters. The molecule has 0 aliphatic carbocycles. The van der Waals surface area contributed by atoms with E-state index in [0.717, 1.165) is 54.3 Å². The van der Waals surface area contributed by atoms with Crippen molar-refractivity contribution in [1.82, 2.24) is 24.1 Å². The summed E-state index contributed by atoms with van der Waals surface area (Å²) in [4.78, 5) is 44.6. The van der Waals surface area contributed by atoms with Crippen molar-refractivity contribution in [1.29, 1.82) is 5.26 Å². The third-order valence-corrected chi connectivity index (χ3v) is 7.71. The normalized spacial score (nSPS) is 14.6. The molecule has 1 amide bonds. The first-order valence-corrected chi connectivity index (χ1v) is 14.8. The average molecular weight is 656 g/mol. The summed E-state index contributed by atoms with van der Waals surface area (Å²) in [6.45, 7) is 2.43. The highest BCUT2D eigenvalue weighted by molar-refractivity contribution is 5.76. The van der Waals surface area contributed by atoms with Crippen LogP contribution >= 0.6 is 0 Å². The highest BCUT2D eigenvalue weighted by Crippen LogP contribution is 2.43. The van der Waals surface area contributed by atoms with E-state index >= 15 is 0 Å². The molecule has 250 valence electrons. The van der Waals surface area contributed by atoms with Crippen LogP contribution in [0.5, 0.6) is 0 Å². The van der Waals surface area contributed by atoms with E-state index in [1.54, 1.807) is 19.2 Å². The number of methoxy groups -OCH3 is 1. The van der Waals surface area contributed by atoms with Crippen molar-refractivity contribution in [2.75, 3.05) is 46.2 Å². The topological polar surface area (TPSA) is 126 Å². The Balaban J connectivity index is 1.83. The maximum Gasteiger partial charge on any atom is 0.513 e. The number of nitrogens with zero attached hydrogens (tertiary/aromatic N) is 7. The van der Waals surface area contributed by atoms with E-state index in [1.165, 1.54) is 41.0 Å². The van der Waals surface area contributed by atoms with Gasteiger partial charge in [-0.3, -0.25) is 9.69 Å². The van der Waals surface area contributed by atoms with Crippen molar-refractivity contribution in [3.8, 4) is 6.07 Å². The number of anilines is 2. The number of aromatic nitrogens is 3. The van der Waals surface area contributed by atoms with Crippen molar-refractivity contribution in [2.45, 2.75) is 44.9 Å². The Kier molecular flexibility index (Phi) is 10.8. The number of benzene rings is 2. The highest BCUT2D eigenvalue weighted by Gasteiger charge is 2.40. The molecular weight excluding hydrogens is 619 g/mol. The molecule has 0 saturated heterocycles. The number of ether oxygens (including phenoxy) is 2. The summed E-state index contributed by atoms with van der Waals surface area (Å²) in [6, 6.07) is 11.3. The number of hydrogen-bond acceptors (Lipinski definition) is 9. The van der Waals surface area contributed by atoms with Gasteiger partial charge in [0.2, 0.25) is 11.9 Å². The number of alkyl halides is 3. The lowest BCUT2D eigenvalue weighted by Crippen LogP contribution is -2.39. The van der Waals surface area contributed by atoms with E-state index in [2.05, 4.69) is 10.00 Å². The SMILES string of the molecule is COC(=O)OC1=C(C)N(c2cccc(C(F)(F)F)c2)c2nn(CC(=O)N(C)CCCCCN(C)C)c(=O)n2[C@@H]1c1ccc(C#N)cc1. The van der Waals surface area contributed by atoms with E-state index in [9.17, 15) is 32.8 Å². The van der Waals surface area contributed by atoms with Gasteiger partial charge in [-0.1, -0.05) is 24.6 Å². The molecule has 0 bridgehead atoms. The van der Waals surface area contributed by atoms with Gasteiger partial charge in [-0.15, -0.1) is 5.10 Å². The number of halogens is 3. The molecule has 4 rings (SSSR count). The van der Waals surface area contributed by atoms with Gasteiger partial charge in [0, 0.05) is 19.3 Å². The second-order valence-corrected chi connectivity index (χ2v) is 11.3. The molecule has 15 heteroatoms. The number of hydrogen-bond donors (Lipinski definition) is 0. The quantitative estimate of drug-likeness (QED) is 0.210. The highest BCUT2D eigenvalue weighted by atomic mass is 19.4. The molecule has 1 aliphatic heterocycles. The average Bonchev–Trinajstić information content (AvgIpc) is 3.34. The van der Waals surface area contributed by atoms with Crippen LogP contribution in [0.15, 0.2) is 64.8 Å². The van der Waals surface area contributed by atoms with Gasteiger partial charge in [-0.05, 0) is 76.3 Å². The number of carbonyl (C=O) groups excluding carboxylic acids is 2. The number of carbonyl (C=O) groups is 2. The van der Waals surface area contributed by atoms with Crippen LogP contribution in [0.4, 0.5) is 29.6 Å². The van der Waals surface area contributed by atoms with Gasteiger partial charge in [-0.25, -0.2) is 18.8 Å². The summed E-state index contributed by atoms with van der Waals surface area (Å²) >= 11 is 0. The summed E-state index contributed by atoms with van der Waals surface area (Å²) in [5.74, 6) is -0.641. The molecule has 2 heterocycles. The Morgan fingerprint density at radius 1 is 1.04 bits per heavy atom. The zero-order valence-corrected chi connectivity index (χ0v) is 26.7. The predicted molar refractivity (Wildman–Crippen MR) is 166 cm³/mol. The standard InChI is InChI=1S/C32H36F3N7O5/c1-21-28(47-31(45)46-5)27(23-14-12-22(19-36)13-15-23)42-29(41(21)25-11-9-10-24(18-25)32(33,34)35)37-40(30(42)44)20-26(43)39(4)17-8-6-7-16-38(2)3/h9-15,18,27H,6-8,16-17,20H2,1-5H3/t27-/m1/s1. The van der Waals surface area contributed by atoms with Crippen LogP contribution in [0.1, 0.15) is 48.9 Å². The summed E-state index contributed by atoms with van der Waals surface area (Å²) in [6.07, 6.45) is -3.19. The van der Waals surface area contributed by atoms with Crippen molar-refractivity contribution >= 4 is 23.7 Å². The van der Waals surface area contributed by atoms with Crippen LogP contribution < -0.4 is 10.6 Å². The molecule has 0 spiro atoms. The van der Waals surface area contributed by atoms with Crippen LogP contribution in [-0.4, -0.2) is 77.6 Å². The fourth-order valence-corrected chi connectivity index (χ4v) is 5.22. The van der Waals surface area contributed by atoms with Gasteiger partial charge in [0.1, 0.15) is 12.6 Å². The molecule has 0 unspecified atom stereocenters. The van der Waals surface area contributed by atoms with E-state index in [4.69, 9.17) is 9.47 Å². The van der Waals surface area contributed by atoms with Crippen molar-refractivity contribution in [3.63, 3.8) is 0 Å². The number of amides is 1. The Labute approximate surface area is 269 Å². The molecule has 1 aliphatic rings. The maximum absolute atomic E-state index is 14.1. The Hall–Kier alpha value is -5.10. The molecule has 47 heavy (non-hydrogen) atoms. The monoisotopic (exact) mass is 655 g/mol. The summed E-state index contributed by atoms with van der Waals surface area (Å²) in [7, 11) is 6.68. The van der Waals surface area contributed by atoms with E-state index in [1.807, 2.05) is 20.2 Å². The first kappa shape index (κ1) is 34.8. The third kappa shape index (κ3) is 7.83. The zero-order valence-electron chi connectivity index (χ0n) is 26.7. The Morgan fingerprint density at radius 2 is 1.72 bits per heavy atom. The largest absolute Gasteiger partial charge is 0.513 e. The molecule has 0 fully saturated rings. The predicted octanol–water partition coefficient (Wildman–Crippen LogP) is 4.88. The van der Waals surface area contributed by atoms with E-state index in [0.29, 0.717) is 17.7 Å². The second-order valence-electron chi connectivity index (χ2n) is 11.3. The molecule has 12 nitrogen and oxygen atoms in total. The summed E-state index contributed by atoms with van der Waals surface area (Å²) in [5, 5.41) is 13.8. The minimum atomic E-state index is -4.68. The third-order valence-electron chi connectivity index (χ3n) is 7.71. The van der Waals surface area contributed by atoms with Crippen molar-refractivity contribution in [2.24, 2.45) is 0 Å². The first-order valence-electron chi connectivity index (χ1n) is 14.8. The summed E-state index contributed by atoms with van der Waals surface area (Å²) < 4.78 is 53.6. The molecular formula is C32H36F3N7O5. The van der Waals surface area contributed by atoms with Gasteiger partial charge in [0.25, 0.3) is 0 Å². The van der Waals surface area contributed by atoms with Crippen LogP contribution in [0.2, 0.25) is 0 Å². The minimum Gasteiger partial charge on any atom is -0.437 e. The van der Waals surface area contributed by atoms with E-state index in [-0.39, 0.29) is 23.1 Å². The first-order chi connectivity index (χ1) is 22.3. The zero-order chi connectivity index (χ0) is 34.5. The lowest BCUT2D eigenvalue weighted by Gasteiger charge is -2.35. The van der Waals surface area contributed by atoms with Gasteiger partial charge in [0.15, 0.2) is 5.76 Å². The minimum absolute atomic E-state index is 0.0267. The number of fused-ring (bicyclic) bond motifs is 1. The van der Waals surface area contributed by atoms with Crippen LogP contribution in [0.3, 0.4) is 0 Å². The molecule has 0 radical (unpaired) electrons. The van der Waals surface area contributed by atoms with Crippen LogP contribution in [0.25, 0.3) is 0 Å². The lowest BCUT2D eigenvalue weighted by atomic mass is 10.00. The molecule has 2 aromatic carbocycles. The van der Waals surface area contributed by atoms with E-state index < -0.39 is 42.1 Å². The van der Waals surface area contributed by atoms with Crippen LogP contribution in [-0.2, 0) is 27.0 Å². The number of rotatable bonds is 11. The van der Waals surface area contributed by atoms with Gasteiger partial charge in [0.05, 0.1) is 30.0 Å². The van der Waals surface area contributed by atoms with Crippen molar-refractivity contribution < 1.29 is 32.2 Å².